The molecule has 4 rings (SSSR count). The molecule has 11 heteroatoms. The number of anilines is 1. The normalized spacial score (nSPS) is 14.1. The summed E-state index contributed by atoms with van der Waals surface area (Å²) in [6.45, 7) is 2.56. The number of nitrogens with one attached hydrogen (secondary N) is 1. The molecule has 0 bridgehead atoms. The van der Waals surface area contributed by atoms with Crippen molar-refractivity contribution in [3.05, 3.63) is 94.0 Å². The number of ether oxygens (including phenoxy) is 1. The molecule has 1 saturated carbocycles. The minimum absolute atomic E-state index is 0.0241. The van der Waals surface area contributed by atoms with Crippen molar-refractivity contribution in [3.63, 3.8) is 0 Å². The molecule has 1 aliphatic carbocycles. The molecule has 0 aliphatic heterocycles. The van der Waals surface area contributed by atoms with Crippen molar-refractivity contribution in [1.82, 2.24) is 10.2 Å². The van der Waals surface area contributed by atoms with E-state index in [9.17, 15) is 18.0 Å². The summed E-state index contributed by atoms with van der Waals surface area (Å²) in [5, 5.41) is 4.05. The molecular weight excluding hydrogens is 633 g/mol. The first-order chi connectivity index (χ1) is 21.5. The second-order valence-corrected chi connectivity index (χ2v) is 14.1. The van der Waals surface area contributed by atoms with Gasteiger partial charge in [0.1, 0.15) is 11.8 Å². The third-order valence-corrected chi connectivity index (χ3v) is 9.70. The van der Waals surface area contributed by atoms with Gasteiger partial charge < -0.3 is 15.0 Å². The van der Waals surface area contributed by atoms with Gasteiger partial charge in [-0.3, -0.25) is 13.9 Å². The maximum atomic E-state index is 14.1. The number of amides is 2. The Morgan fingerprint density at radius 2 is 1.69 bits per heavy atom. The lowest BCUT2D eigenvalue weighted by Crippen LogP contribution is -2.52. The van der Waals surface area contributed by atoms with Crippen molar-refractivity contribution in [1.29, 1.82) is 0 Å². The van der Waals surface area contributed by atoms with Crippen LogP contribution in [0.5, 0.6) is 5.75 Å². The molecule has 0 aromatic heterocycles. The molecule has 0 radical (unpaired) electrons. The van der Waals surface area contributed by atoms with Gasteiger partial charge in [0.15, 0.2) is 0 Å². The molecule has 1 fully saturated rings. The lowest BCUT2D eigenvalue weighted by Gasteiger charge is -2.33. The molecule has 0 saturated heterocycles. The Hall–Kier alpha value is -3.27. The average Bonchev–Trinajstić information content (AvgIpc) is 3.51. The summed E-state index contributed by atoms with van der Waals surface area (Å²) in [6.07, 6.45) is 5.66. The SMILES string of the molecule is CCOc1ccc(N(CCCC(=O)N(Cc2ccc(Cl)cc2Cl)C(Cc2ccccc2)C(=O)NC2CCCC2)S(C)(=O)=O)cc1. The Bertz CT molecular complexity index is 1530. The van der Waals surface area contributed by atoms with E-state index in [2.05, 4.69) is 5.32 Å². The van der Waals surface area contributed by atoms with E-state index in [1.807, 2.05) is 37.3 Å². The highest BCUT2D eigenvalue weighted by atomic mass is 35.5. The highest BCUT2D eigenvalue weighted by Crippen LogP contribution is 2.26. The smallest absolute Gasteiger partial charge is 0.243 e. The van der Waals surface area contributed by atoms with Gasteiger partial charge in [0, 0.05) is 42.0 Å². The summed E-state index contributed by atoms with van der Waals surface area (Å²) in [7, 11) is -3.63. The number of rotatable bonds is 15. The monoisotopic (exact) mass is 673 g/mol. The molecule has 242 valence electrons. The molecule has 1 N–H and O–H groups in total. The van der Waals surface area contributed by atoms with Gasteiger partial charge in [-0.15, -0.1) is 0 Å². The van der Waals surface area contributed by atoms with Gasteiger partial charge in [0.05, 0.1) is 18.6 Å². The predicted octanol–water partition coefficient (Wildman–Crippen LogP) is 6.64. The summed E-state index contributed by atoms with van der Waals surface area (Å²) >= 11 is 12.7. The summed E-state index contributed by atoms with van der Waals surface area (Å²) < 4.78 is 32.3. The fourth-order valence-electron chi connectivity index (χ4n) is 5.63. The molecule has 45 heavy (non-hydrogen) atoms. The van der Waals surface area contributed by atoms with E-state index in [4.69, 9.17) is 27.9 Å². The van der Waals surface area contributed by atoms with Gasteiger partial charge in [-0.2, -0.15) is 0 Å². The van der Waals surface area contributed by atoms with E-state index in [0.717, 1.165) is 37.5 Å². The van der Waals surface area contributed by atoms with Crippen LogP contribution in [0.2, 0.25) is 10.0 Å². The van der Waals surface area contributed by atoms with Crippen molar-refractivity contribution in [2.24, 2.45) is 0 Å². The number of benzene rings is 3. The van der Waals surface area contributed by atoms with Crippen molar-refractivity contribution >= 4 is 50.7 Å². The Labute approximate surface area is 276 Å². The van der Waals surface area contributed by atoms with Crippen molar-refractivity contribution < 1.29 is 22.7 Å². The first-order valence-electron chi connectivity index (χ1n) is 15.3. The van der Waals surface area contributed by atoms with Crippen LogP contribution in [-0.4, -0.2) is 56.6 Å². The largest absolute Gasteiger partial charge is 0.494 e. The lowest BCUT2D eigenvalue weighted by molar-refractivity contribution is -0.141. The van der Waals surface area contributed by atoms with E-state index >= 15 is 0 Å². The van der Waals surface area contributed by atoms with E-state index in [0.29, 0.717) is 40.1 Å². The van der Waals surface area contributed by atoms with E-state index in [1.165, 1.54) is 4.31 Å². The molecule has 2 amide bonds. The first-order valence-corrected chi connectivity index (χ1v) is 17.9. The molecule has 1 atom stereocenters. The van der Waals surface area contributed by atoms with Gasteiger partial charge in [-0.1, -0.05) is 72.4 Å². The lowest BCUT2D eigenvalue weighted by atomic mass is 10.0. The molecule has 0 spiro atoms. The first kappa shape index (κ1) is 34.6. The Kier molecular flexibility index (Phi) is 12.6. The molecule has 3 aromatic rings. The minimum Gasteiger partial charge on any atom is -0.494 e. The number of hydrogen-bond donors (Lipinski definition) is 1. The molecule has 0 heterocycles. The number of sulfonamides is 1. The third-order valence-electron chi connectivity index (χ3n) is 7.92. The summed E-state index contributed by atoms with van der Waals surface area (Å²) in [5.41, 5.74) is 2.06. The van der Waals surface area contributed by atoms with E-state index in [-0.39, 0.29) is 43.8 Å². The molecule has 3 aromatic carbocycles. The van der Waals surface area contributed by atoms with Crippen LogP contribution in [0.15, 0.2) is 72.8 Å². The fourth-order valence-corrected chi connectivity index (χ4v) is 7.07. The summed E-state index contributed by atoms with van der Waals surface area (Å²) in [4.78, 5) is 29.5. The quantitative estimate of drug-likeness (QED) is 0.195. The van der Waals surface area contributed by atoms with Crippen LogP contribution in [0.4, 0.5) is 5.69 Å². The van der Waals surface area contributed by atoms with Gasteiger partial charge in [-0.25, -0.2) is 8.42 Å². The molecule has 1 unspecified atom stereocenters. The van der Waals surface area contributed by atoms with Gasteiger partial charge in [0.2, 0.25) is 21.8 Å². The Morgan fingerprint density at radius 1 is 1.00 bits per heavy atom. The number of hydrogen-bond acceptors (Lipinski definition) is 5. The summed E-state index contributed by atoms with van der Waals surface area (Å²) in [5.74, 6) is 0.154. The minimum atomic E-state index is -3.63. The number of carbonyl (C=O) groups is 2. The topological polar surface area (TPSA) is 96.0 Å². The van der Waals surface area contributed by atoms with Gasteiger partial charge in [-0.05, 0) is 73.7 Å². The molecule has 8 nitrogen and oxygen atoms in total. The second kappa shape index (κ2) is 16.3. The highest BCUT2D eigenvalue weighted by molar-refractivity contribution is 7.92. The maximum Gasteiger partial charge on any atom is 0.243 e. The number of halogens is 2. The van der Waals surface area contributed by atoms with Gasteiger partial charge >= 0.3 is 0 Å². The van der Waals surface area contributed by atoms with Crippen molar-refractivity contribution in [2.45, 2.75) is 70.5 Å². The number of nitrogens with zero attached hydrogens (tertiary/aromatic N) is 2. The van der Waals surface area contributed by atoms with Gasteiger partial charge in [0.25, 0.3) is 0 Å². The van der Waals surface area contributed by atoms with E-state index < -0.39 is 16.1 Å². The Morgan fingerprint density at radius 3 is 2.31 bits per heavy atom. The average molecular weight is 675 g/mol. The molecule has 1 aliphatic rings. The van der Waals surface area contributed by atoms with Crippen LogP contribution in [0.25, 0.3) is 0 Å². The maximum absolute atomic E-state index is 14.1. The highest BCUT2D eigenvalue weighted by Gasteiger charge is 2.32. The second-order valence-electron chi connectivity index (χ2n) is 11.3. The van der Waals surface area contributed by atoms with Crippen LogP contribution < -0.4 is 14.4 Å². The van der Waals surface area contributed by atoms with Crippen LogP contribution in [0.3, 0.4) is 0 Å². The van der Waals surface area contributed by atoms with Crippen LogP contribution in [-0.2, 0) is 32.6 Å². The zero-order chi connectivity index (χ0) is 32.4. The zero-order valence-electron chi connectivity index (χ0n) is 25.8. The van der Waals surface area contributed by atoms with Crippen LogP contribution in [0, 0.1) is 0 Å². The zero-order valence-corrected chi connectivity index (χ0v) is 28.1. The fraction of sp³-hybridized carbons (Fsp3) is 0.412. The van der Waals surface area contributed by atoms with Crippen molar-refractivity contribution in [3.8, 4) is 5.75 Å². The van der Waals surface area contributed by atoms with Crippen LogP contribution >= 0.6 is 23.2 Å². The summed E-state index contributed by atoms with van der Waals surface area (Å²) in [6, 6.07) is 20.8. The Balaban J connectivity index is 1.59. The van der Waals surface area contributed by atoms with E-state index in [1.54, 1.807) is 47.4 Å². The third kappa shape index (κ3) is 10.1. The molecular formula is C34H41Cl2N3O5S. The standard InChI is InChI=1S/C34H41Cl2N3O5S/c1-3-44-30-19-17-29(18-20-30)39(45(2,42)43)21-9-14-33(40)38(24-26-15-16-27(35)23-31(26)36)32(22-25-10-5-4-6-11-25)34(41)37-28-12-7-8-13-28/h4-6,10-11,15-20,23,28,32H,3,7-9,12-14,21-22,24H2,1-2H3,(H,37,41). The predicted molar refractivity (Wildman–Crippen MR) is 180 cm³/mol. The van der Waals surface area contributed by atoms with Crippen LogP contribution in [0.1, 0.15) is 56.6 Å². The number of carbonyl (C=O) groups excluding carboxylic acids is 2. The van der Waals surface area contributed by atoms with Crippen molar-refractivity contribution in [2.75, 3.05) is 23.7 Å².